The highest BCUT2D eigenvalue weighted by Gasteiger charge is 2.15. The van der Waals surface area contributed by atoms with Crippen molar-refractivity contribution in [2.45, 2.75) is 6.92 Å². The second kappa shape index (κ2) is 2.37. The molecule has 0 aliphatic rings. The Morgan fingerprint density at radius 3 is 2.60 bits per heavy atom. The van der Waals surface area contributed by atoms with Gasteiger partial charge in [-0.15, -0.1) is 0 Å². The maximum atomic E-state index is 10.1. The summed E-state index contributed by atoms with van der Waals surface area (Å²) in [6, 6.07) is 0. The lowest BCUT2D eigenvalue weighted by atomic mass is 10.5. The average Bonchev–Trinajstić information content (AvgIpc) is 2.10. The summed E-state index contributed by atoms with van der Waals surface area (Å²) < 4.78 is 0.386. The number of rotatable bonds is 1. The third kappa shape index (κ3) is 1.15. The molecule has 0 saturated heterocycles. The van der Waals surface area contributed by atoms with E-state index in [0.717, 1.165) is 0 Å². The molecule has 54 valence electrons. The molecule has 0 unspecified atom stereocenters. The third-order valence-electron chi connectivity index (χ3n) is 1.00. The highest BCUT2D eigenvalue weighted by atomic mass is 79.9. The number of H-pyrrole nitrogens is 1. The first-order valence-electron chi connectivity index (χ1n) is 2.47. The molecule has 0 saturated carbocycles. The van der Waals surface area contributed by atoms with E-state index in [1.165, 1.54) is 0 Å². The van der Waals surface area contributed by atoms with Crippen LogP contribution in [0.3, 0.4) is 0 Å². The first-order chi connectivity index (χ1) is 4.61. The van der Waals surface area contributed by atoms with Gasteiger partial charge in [0, 0.05) is 15.9 Å². The van der Waals surface area contributed by atoms with Gasteiger partial charge in [-0.25, -0.2) is 0 Å². The lowest BCUT2D eigenvalue weighted by Gasteiger charge is -1.85. The van der Waals surface area contributed by atoms with E-state index in [4.69, 9.17) is 0 Å². The normalized spacial score (nSPS) is 9.80. The molecule has 0 spiro atoms. The Hall–Kier alpha value is -0.910. The van der Waals surface area contributed by atoms with Crippen LogP contribution in [0.1, 0.15) is 5.69 Å². The summed E-state index contributed by atoms with van der Waals surface area (Å²) in [4.78, 5) is 15.8. The minimum Gasteiger partial charge on any atom is -0.358 e. The van der Waals surface area contributed by atoms with Gasteiger partial charge in [-0.1, -0.05) is 0 Å². The van der Waals surface area contributed by atoms with E-state index < -0.39 is 4.92 Å². The average molecular weight is 206 g/mol. The maximum absolute atomic E-state index is 10.1. The van der Waals surface area contributed by atoms with Crippen LogP contribution < -0.4 is 0 Å². The van der Waals surface area contributed by atoms with Crippen molar-refractivity contribution in [1.82, 2.24) is 9.97 Å². The van der Waals surface area contributed by atoms with Gasteiger partial charge >= 0.3 is 5.82 Å². The van der Waals surface area contributed by atoms with Gasteiger partial charge in [0.15, 0.2) is 0 Å². The van der Waals surface area contributed by atoms with Crippen LogP contribution in [0.2, 0.25) is 0 Å². The smallest absolute Gasteiger partial charge is 0.358 e. The highest BCUT2D eigenvalue weighted by molar-refractivity contribution is 9.10. The van der Waals surface area contributed by atoms with Gasteiger partial charge in [0.1, 0.15) is 5.69 Å². The molecule has 1 N–H and O–H groups in total. The Bertz CT molecular complexity index is 269. The molecule has 0 aliphatic heterocycles. The van der Waals surface area contributed by atoms with Gasteiger partial charge in [-0.3, -0.25) is 0 Å². The van der Waals surface area contributed by atoms with Crippen molar-refractivity contribution in [2.75, 3.05) is 0 Å². The molecule has 0 fully saturated rings. The number of aromatic nitrogens is 2. The molecule has 0 amide bonds. The largest absolute Gasteiger partial charge is 0.385 e. The molecule has 1 heterocycles. The summed E-state index contributed by atoms with van der Waals surface area (Å²) in [7, 11) is 0. The molecule has 0 aromatic carbocycles. The fourth-order valence-electron chi connectivity index (χ4n) is 0.593. The second-order valence-electron chi connectivity index (χ2n) is 1.73. The monoisotopic (exact) mass is 205 g/mol. The van der Waals surface area contributed by atoms with Gasteiger partial charge in [-0.2, -0.15) is 0 Å². The summed E-state index contributed by atoms with van der Waals surface area (Å²) in [5, 5.41) is 10.1. The summed E-state index contributed by atoms with van der Waals surface area (Å²) in [6.07, 6.45) is 0. The molecule has 1 aromatic rings. The Balaban J connectivity index is 3.15. The summed E-state index contributed by atoms with van der Waals surface area (Å²) >= 11 is 2.98. The molecule has 1 aromatic heterocycles. The molecule has 5 nitrogen and oxygen atoms in total. The van der Waals surface area contributed by atoms with E-state index in [1.807, 2.05) is 0 Å². The van der Waals surface area contributed by atoms with Gasteiger partial charge < -0.3 is 15.1 Å². The fourth-order valence-corrected chi connectivity index (χ4v) is 1.06. The quantitative estimate of drug-likeness (QED) is 0.557. The van der Waals surface area contributed by atoms with Gasteiger partial charge in [0.25, 0.3) is 4.73 Å². The van der Waals surface area contributed by atoms with E-state index in [0.29, 0.717) is 10.4 Å². The summed E-state index contributed by atoms with van der Waals surface area (Å²) in [5.41, 5.74) is 0.455. The van der Waals surface area contributed by atoms with Crippen molar-refractivity contribution in [2.24, 2.45) is 0 Å². The molecular weight excluding hydrogens is 202 g/mol. The zero-order valence-corrected chi connectivity index (χ0v) is 6.67. The standard InChI is InChI=1S/C4H4BrN3O2/c1-2-3(8(9)10)7-4(5)6-2/h1H3,(H,6,7). The molecule has 0 radical (unpaired) electrons. The van der Waals surface area contributed by atoms with Crippen molar-refractivity contribution in [3.8, 4) is 0 Å². The number of hydrogen-bond donors (Lipinski definition) is 1. The fraction of sp³-hybridized carbons (Fsp3) is 0.250. The number of aryl methyl sites for hydroxylation is 1. The van der Waals surface area contributed by atoms with Crippen LogP contribution in [-0.2, 0) is 0 Å². The van der Waals surface area contributed by atoms with Crippen LogP contribution in [0.15, 0.2) is 4.73 Å². The zero-order chi connectivity index (χ0) is 7.72. The van der Waals surface area contributed by atoms with Gasteiger partial charge in [0.05, 0.1) is 0 Å². The van der Waals surface area contributed by atoms with E-state index in [2.05, 4.69) is 25.9 Å². The van der Waals surface area contributed by atoms with Crippen LogP contribution in [0.5, 0.6) is 0 Å². The lowest BCUT2D eigenvalue weighted by molar-refractivity contribution is -0.389. The lowest BCUT2D eigenvalue weighted by Crippen LogP contribution is -1.89. The first-order valence-corrected chi connectivity index (χ1v) is 3.27. The first kappa shape index (κ1) is 7.20. The van der Waals surface area contributed by atoms with Crippen molar-refractivity contribution >= 4 is 21.7 Å². The Labute approximate surface area is 64.7 Å². The number of nitro groups is 1. The van der Waals surface area contributed by atoms with E-state index >= 15 is 0 Å². The molecular formula is C4H4BrN3O2. The molecule has 0 bridgehead atoms. The molecule has 6 heteroatoms. The SMILES string of the molecule is Cc1[nH]c(Br)nc1[N+](=O)[O-]. The van der Waals surface area contributed by atoms with E-state index in [1.54, 1.807) is 6.92 Å². The van der Waals surface area contributed by atoms with Gasteiger partial charge in [-0.05, 0) is 16.8 Å². The van der Waals surface area contributed by atoms with Crippen LogP contribution in [0, 0.1) is 17.0 Å². The number of nitrogens with zero attached hydrogens (tertiary/aromatic N) is 2. The highest BCUT2D eigenvalue weighted by Crippen LogP contribution is 2.16. The van der Waals surface area contributed by atoms with E-state index in [9.17, 15) is 10.1 Å². The van der Waals surface area contributed by atoms with Crippen molar-refractivity contribution in [3.05, 3.63) is 20.5 Å². The Morgan fingerprint density at radius 2 is 2.40 bits per heavy atom. The van der Waals surface area contributed by atoms with Crippen LogP contribution in [-0.4, -0.2) is 14.9 Å². The molecule has 0 aliphatic carbocycles. The van der Waals surface area contributed by atoms with Crippen molar-refractivity contribution in [3.63, 3.8) is 0 Å². The van der Waals surface area contributed by atoms with Crippen LogP contribution >= 0.6 is 15.9 Å². The molecule has 1 rings (SSSR count). The Morgan fingerprint density at radius 1 is 1.80 bits per heavy atom. The van der Waals surface area contributed by atoms with Crippen molar-refractivity contribution in [1.29, 1.82) is 0 Å². The number of halogens is 1. The summed E-state index contributed by atoms with van der Waals surface area (Å²) in [6.45, 7) is 1.59. The zero-order valence-electron chi connectivity index (χ0n) is 5.09. The van der Waals surface area contributed by atoms with Gasteiger partial charge in [0.2, 0.25) is 0 Å². The number of aromatic amines is 1. The Kier molecular flexibility index (Phi) is 1.71. The van der Waals surface area contributed by atoms with Crippen LogP contribution in [0.25, 0.3) is 0 Å². The molecule has 0 atom stereocenters. The predicted molar refractivity (Wildman–Crippen MR) is 37.7 cm³/mol. The minimum atomic E-state index is -0.531. The number of hydrogen-bond acceptors (Lipinski definition) is 3. The predicted octanol–water partition coefficient (Wildman–Crippen LogP) is 1.39. The van der Waals surface area contributed by atoms with Crippen LogP contribution in [0.4, 0.5) is 5.82 Å². The third-order valence-corrected chi connectivity index (χ3v) is 1.38. The summed E-state index contributed by atoms with van der Waals surface area (Å²) in [5.74, 6) is -0.133. The minimum absolute atomic E-state index is 0.133. The number of nitrogens with one attached hydrogen (secondary N) is 1. The second-order valence-corrected chi connectivity index (χ2v) is 2.48. The number of imidazole rings is 1. The van der Waals surface area contributed by atoms with E-state index in [-0.39, 0.29) is 5.82 Å². The molecule has 10 heavy (non-hydrogen) atoms. The topological polar surface area (TPSA) is 71.8 Å². The van der Waals surface area contributed by atoms with Crippen molar-refractivity contribution < 1.29 is 4.92 Å². The maximum Gasteiger partial charge on any atom is 0.385 e.